The number of carbonyl (C=O) groups excluding carboxylic acids is 2. The van der Waals surface area contributed by atoms with Crippen molar-refractivity contribution in [1.82, 2.24) is 9.55 Å². The second-order valence-corrected chi connectivity index (χ2v) is 7.58. The van der Waals surface area contributed by atoms with Crippen molar-refractivity contribution < 1.29 is 14.3 Å². The van der Waals surface area contributed by atoms with Crippen molar-refractivity contribution in [1.29, 1.82) is 0 Å². The molecule has 9 heteroatoms. The topological polar surface area (TPSA) is 102 Å². The minimum Gasteiger partial charge on any atom is -0.479 e. The fraction of sp³-hybridized carbons (Fsp3) is 0.200. The van der Waals surface area contributed by atoms with E-state index in [4.69, 9.17) is 4.74 Å². The van der Waals surface area contributed by atoms with Crippen LogP contribution >= 0.6 is 15.9 Å². The van der Waals surface area contributed by atoms with Crippen molar-refractivity contribution in [2.45, 2.75) is 26.0 Å². The van der Waals surface area contributed by atoms with Gasteiger partial charge in [0.2, 0.25) is 5.91 Å². The minimum absolute atomic E-state index is 0.0953. The summed E-state index contributed by atoms with van der Waals surface area (Å²) in [5.41, 5.74) is 1.44. The molecule has 2 aromatic carbocycles. The van der Waals surface area contributed by atoms with Crippen molar-refractivity contribution in [3.05, 3.63) is 57.6 Å². The second kappa shape index (κ2) is 7.67. The number of anilines is 2. The summed E-state index contributed by atoms with van der Waals surface area (Å²) in [6, 6.07) is 10.3. The Hall–Kier alpha value is -3.20. The van der Waals surface area contributed by atoms with Gasteiger partial charge in [0.15, 0.2) is 6.10 Å². The number of aryl methyl sites for hydroxylation is 1. The summed E-state index contributed by atoms with van der Waals surface area (Å²) in [4.78, 5) is 40.9. The molecule has 0 aliphatic carbocycles. The Labute approximate surface area is 174 Å². The first kappa shape index (κ1) is 19.1. The molecule has 1 aliphatic heterocycles. The van der Waals surface area contributed by atoms with Crippen LogP contribution in [0.15, 0.2) is 52.0 Å². The molecule has 0 fully saturated rings. The Balaban J connectivity index is 1.44. The molecule has 0 unspecified atom stereocenters. The van der Waals surface area contributed by atoms with Gasteiger partial charge in [0.05, 0.1) is 22.9 Å². The van der Waals surface area contributed by atoms with Crippen molar-refractivity contribution >= 4 is 50.0 Å². The van der Waals surface area contributed by atoms with Gasteiger partial charge < -0.3 is 15.4 Å². The third-order valence-electron chi connectivity index (χ3n) is 4.56. The average molecular weight is 457 g/mol. The summed E-state index contributed by atoms with van der Waals surface area (Å²) in [6.45, 7) is 1.86. The number of carbonyl (C=O) groups is 2. The molecule has 0 radical (unpaired) electrons. The van der Waals surface area contributed by atoms with Crippen LogP contribution in [0.3, 0.4) is 0 Å². The molecule has 1 aliphatic rings. The monoisotopic (exact) mass is 456 g/mol. The van der Waals surface area contributed by atoms with Crippen molar-refractivity contribution in [2.75, 3.05) is 10.6 Å². The number of fused-ring (bicyclic) bond motifs is 2. The van der Waals surface area contributed by atoms with Crippen LogP contribution < -0.4 is 20.9 Å². The third kappa shape index (κ3) is 4.00. The number of ether oxygens (including phenoxy) is 1. The van der Waals surface area contributed by atoms with Crippen molar-refractivity contribution in [2.24, 2.45) is 0 Å². The van der Waals surface area contributed by atoms with E-state index in [2.05, 4.69) is 31.5 Å². The SMILES string of the molecule is C[C@@H]1Oc2ccc(NC(=O)CCn3cnc4ccc(Br)cc4c3=O)cc2NC1=O. The molecule has 3 aromatic rings. The van der Waals surface area contributed by atoms with Crippen LogP contribution in [0.25, 0.3) is 10.9 Å². The lowest BCUT2D eigenvalue weighted by Crippen LogP contribution is -2.34. The Morgan fingerprint density at radius 2 is 2.10 bits per heavy atom. The highest BCUT2D eigenvalue weighted by Crippen LogP contribution is 2.32. The maximum atomic E-state index is 12.6. The molecule has 148 valence electrons. The van der Waals surface area contributed by atoms with Gasteiger partial charge in [-0.25, -0.2) is 4.98 Å². The van der Waals surface area contributed by atoms with E-state index >= 15 is 0 Å². The number of halogens is 1. The standard InChI is InChI=1S/C20H17BrN4O4/c1-11-19(27)24-16-9-13(3-5-17(16)29-11)23-18(26)6-7-25-10-22-15-4-2-12(21)8-14(15)20(25)28/h2-5,8-11H,6-7H2,1H3,(H,23,26)(H,24,27)/t11-/m0/s1. The number of hydrogen-bond acceptors (Lipinski definition) is 5. The van der Waals surface area contributed by atoms with Gasteiger partial charge in [-0.2, -0.15) is 0 Å². The number of benzene rings is 2. The first-order valence-electron chi connectivity index (χ1n) is 8.97. The van der Waals surface area contributed by atoms with Gasteiger partial charge in [0.25, 0.3) is 11.5 Å². The minimum atomic E-state index is -0.558. The van der Waals surface area contributed by atoms with Gasteiger partial charge in [-0.1, -0.05) is 15.9 Å². The van der Waals surface area contributed by atoms with Crippen molar-refractivity contribution in [3.63, 3.8) is 0 Å². The molecule has 0 saturated carbocycles. The summed E-state index contributed by atoms with van der Waals surface area (Å²) >= 11 is 3.35. The van der Waals surface area contributed by atoms with Crippen LogP contribution in [0.4, 0.5) is 11.4 Å². The van der Waals surface area contributed by atoms with Gasteiger partial charge >= 0.3 is 0 Å². The quantitative estimate of drug-likeness (QED) is 0.628. The number of aromatic nitrogens is 2. The highest BCUT2D eigenvalue weighted by atomic mass is 79.9. The summed E-state index contributed by atoms with van der Waals surface area (Å²) in [6.07, 6.45) is 0.981. The molecule has 4 rings (SSSR count). The fourth-order valence-corrected chi connectivity index (χ4v) is 3.38. The summed E-state index contributed by atoms with van der Waals surface area (Å²) < 4.78 is 7.70. The van der Waals surface area contributed by atoms with Gasteiger partial charge in [0, 0.05) is 23.1 Å². The van der Waals surface area contributed by atoms with E-state index in [0.29, 0.717) is 28.0 Å². The van der Waals surface area contributed by atoms with E-state index in [0.717, 1.165) is 4.47 Å². The van der Waals surface area contributed by atoms with Gasteiger partial charge in [-0.15, -0.1) is 0 Å². The Bertz CT molecular complexity index is 1190. The lowest BCUT2D eigenvalue weighted by molar-refractivity contribution is -0.122. The lowest BCUT2D eigenvalue weighted by Gasteiger charge is -2.23. The normalized spacial score (nSPS) is 15.4. The van der Waals surface area contributed by atoms with Crippen LogP contribution in [0.1, 0.15) is 13.3 Å². The molecule has 2 heterocycles. The first-order chi connectivity index (χ1) is 13.9. The zero-order valence-electron chi connectivity index (χ0n) is 15.4. The van der Waals surface area contributed by atoms with E-state index in [1.54, 1.807) is 37.3 Å². The van der Waals surface area contributed by atoms with Crippen LogP contribution in [0, 0.1) is 0 Å². The molecular formula is C20H17BrN4O4. The van der Waals surface area contributed by atoms with Crippen LogP contribution in [-0.4, -0.2) is 27.5 Å². The molecule has 8 nitrogen and oxygen atoms in total. The van der Waals surface area contributed by atoms with Gasteiger partial charge in [0.1, 0.15) is 5.75 Å². The van der Waals surface area contributed by atoms with E-state index in [-0.39, 0.29) is 30.3 Å². The molecule has 0 saturated heterocycles. The fourth-order valence-electron chi connectivity index (χ4n) is 3.02. The first-order valence-corrected chi connectivity index (χ1v) is 9.76. The zero-order chi connectivity index (χ0) is 20.5. The highest BCUT2D eigenvalue weighted by Gasteiger charge is 2.23. The zero-order valence-corrected chi connectivity index (χ0v) is 17.0. The Kier molecular flexibility index (Phi) is 5.06. The maximum Gasteiger partial charge on any atom is 0.265 e. The number of rotatable bonds is 4. The van der Waals surface area contributed by atoms with Crippen LogP contribution in [-0.2, 0) is 16.1 Å². The van der Waals surface area contributed by atoms with Gasteiger partial charge in [-0.3, -0.25) is 19.0 Å². The Morgan fingerprint density at radius 1 is 1.28 bits per heavy atom. The number of amides is 2. The Morgan fingerprint density at radius 3 is 2.93 bits per heavy atom. The summed E-state index contributed by atoms with van der Waals surface area (Å²) in [5, 5.41) is 5.99. The van der Waals surface area contributed by atoms with E-state index < -0.39 is 6.10 Å². The molecule has 0 spiro atoms. The lowest BCUT2D eigenvalue weighted by atomic mass is 10.2. The van der Waals surface area contributed by atoms with Crippen LogP contribution in [0.5, 0.6) is 5.75 Å². The highest BCUT2D eigenvalue weighted by molar-refractivity contribution is 9.10. The molecule has 0 bridgehead atoms. The summed E-state index contributed by atoms with van der Waals surface area (Å²) in [7, 11) is 0. The molecule has 1 atom stereocenters. The summed E-state index contributed by atoms with van der Waals surface area (Å²) in [5.74, 6) is 0.0495. The number of nitrogens with one attached hydrogen (secondary N) is 2. The predicted octanol–water partition coefficient (Wildman–Crippen LogP) is 2.91. The van der Waals surface area contributed by atoms with E-state index in [9.17, 15) is 14.4 Å². The second-order valence-electron chi connectivity index (χ2n) is 6.66. The number of nitrogens with zero attached hydrogens (tertiary/aromatic N) is 2. The molecule has 2 amide bonds. The largest absolute Gasteiger partial charge is 0.479 e. The predicted molar refractivity (Wildman–Crippen MR) is 112 cm³/mol. The van der Waals surface area contributed by atoms with Gasteiger partial charge in [-0.05, 0) is 43.3 Å². The van der Waals surface area contributed by atoms with E-state index in [1.165, 1.54) is 10.9 Å². The molecule has 29 heavy (non-hydrogen) atoms. The molecule has 1 aromatic heterocycles. The number of hydrogen-bond donors (Lipinski definition) is 2. The van der Waals surface area contributed by atoms with Crippen molar-refractivity contribution in [3.8, 4) is 5.75 Å². The van der Waals surface area contributed by atoms with Crippen LogP contribution in [0.2, 0.25) is 0 Å². The molecular weight excluding hydrogens is 440 g/mol. The molecule has 2 N–H and O–H groups in total. The smallest absolute Gasteiger partial charge is 0.265 e. The maximum absolute atomic E-state index is 12.6. The average Bonchev–Trinajstić information content (AvgIpc) is 2.69. The third-order valence-corrected chi connectivity index (χ3v) is 5.05. The van der Waals surface area contributed by atoms with E-state index in [1.807, 2.05) is 6.07 Å².